The number of nitrogen functional groups attached to an aromatic ring is 1. The summed E-state index contributed by atoms with van der Waals surface area (Å²) in [6, 6.07) is 0. The van der Waals surface area contributed by atoms with Gasteiger partial charge >= 0.3 is 0 Å². The van der Waals surface area contributed by atoms with E-state index in [9.17, 15) is 0 Å². The second-order valence-corrected chi connectivity index (χ2v) is 8.00. The molecule has 164 valence electrons. The minimum Gasteiger partial charge on any atom is -0.496 e. The lowest BCUT2D eigenvalue weighted by molar-refractivity contribution is 0.298. The van der Waals surface area contributed by atoms with Gasteiger partial charge in [-0.3, -0.25) is 9.67 Å². The highest BCUT2D eigenvalue weighted by Gasteiger charge is 2.34. The van der Waals surface area contributed by atoms with Crippen LogP contribution in [0.5, 0.6) is 5.75 Å². The number of ether oxygens (including phenoxy) is 1. The van der Waals surface area contributed by atoms with Gasteiger partial charge in [0.15, 0.2) is 0 Å². The van der Waals surface area contributed by atoms with Crippen molar-refractivity contribution in [2.45, 2.75) is 39.3 Å². The van der Waals surface area contributed by atoms with E-state index in [1.165, 1.54) is 0 Å². The molecule has 0 saturated carbocycles. The second-order valence-electron chi connectivity index (χ2n) is 7.64. The maximum absolute atomic E-state index is 9.11. The van der Waals surface area contributed by atoms with Crippen LogP contribution in [-0.2, 0) is 19.5 Å². The Labute approximate surface area is 185 Å². The molecule has 10 nitrogen and oxygen atoms in total. The van der Waals surface area contributed by atoms with Crippen LogP contribution < -0.4 is 15.4 Å². The Morgan fingerprint density at radius 3 is 2.87 bits per heavy atom. The van der Waals surface area contributed by atoms with Crippen LogP contribution in [0.25, 0.3) is 0 Å². The number of halogens is 1. The van der Waals surface area contributed by atoms with E-state index in [0.29, 0.717) is 37.0 Å². The van der Waals surface area contributed by atoms with Crippen LogP contribution >= 0.6 is 11.6 Å². The molecule has 31 heavy (non-hydrogen) atoms. The molecule has 11 heteroatoms. The Balaban J connectivity index is 1.65. The fourth-order valence-electron chi connectivity index (χ4n) is 4.07. The first-order chi connectivity index (χ1) is 14.9. The third-order valence-electron chi connectivity index (χ3n) is 5.50. The van der Waals surface area contributed by atoms with Crippen molar-refractivity contribution in [3.63, 3.8) is 0 Å². The summed E-state index contributed by atoms with van der Waals surface area (Å²) in [5.74, 6) is 1.67. The van der Waals surface area contributed by atoms with Crippen molar-refractivity contribution in [2.75, 3.05) is 30.9 Å². The Hall–Kier alpha value is -2.98. The fourth-order valence-corrected chi connectivity index (χ4v) is 4.39. The molecule has 0 fully saturated rings. The van der Waals surface area contributed by atoms with Gasteiger partial charge in [-0.15, -0.1) is 5.10 Å². The summed E-state index contributed by atoms with van der Waals surface area (Å²) in [5, 5.41) is 17.7. The number of nitrogens with zero attached hydrogens (tertiary/aromatic N) is 7. The summed E-state index contributed by atoms with van der Waals surface area (Å²) in [6.07, 6.45) is 4.12. The molecule has 3 aromatic heterocycles. The first-order valence-electron chi connectivity index (χ1n) is 9.98. The van der Waals surface area contributed by atoms with Gasteiger partial charge in [0.05, 0.1) is 31.6 Å². The molecule has 0 bridgehead atoms. The lowest BCUT2D eigenvalue weighted by atomic mass is 10.1. The number of rotatable bonds is 7. The lowest BCUT2D eigenvalue weighted by Crippen LogP contribution is -2.25. The first-order valence-corrected chi connectivity index (χ1v) is 10.4. The molecule has 3 aromatic rings. The average Bonchev–Trinajstić information content (AvgIpc) is 3.29. The standard InChI is InChI=1S/C20H25ClN8O2/c1-11-6-23-15(12(2)17(11)31-3)10-28-7-13(8-29-9-14(4-5-30)26-27-29)16-18(21)24-20(22)25-19(16)28/h6,9,13,30H,4-5,7-8,10H2,1-3H3,(H2,22,24,25). The molecule has 1 aliphatic heterocycles. The molecule has 1 aliphatic rings. The largest absolute Gasteiger partial charge is 0.496 e. The van der Waals surface area contributed by atoms with Crippen LogP contribution in [0, 0.1) is 13.8 Å². The molecular weight excluding hydrogens is 420 g/mol. The third kappa shape index (κ3) is 4.13. The maximum atomic E-state index is 9.11. The van der Waals surface area contributed by atoms with Gasteiger partial charge in [0.2, 0.25) is 5.95 Å². The van der Waals surface area contributed by atoms with Crippen molar-refractivity contribution in [2.24, 2.45) is 0 Å². The fraction of sp³-hybridized carbons (Fsp3) is 0.450. The molecule has 0 aliphatic carbocycles. The van der Waals surface area contributed by atoms with Gasteiger partial charge in [-0.2, -0.15) is 4.98 Å². The zero-order valence-electron chi connectivity index (χ0n) is 17.7. The van der Waals surface area contributed by atoms with Crippen LogP contribution in [0.3, 0.4) is 0 Å². The topological polar surface area (TPSA) is 128 Å². The number of aryl methyl sites for hydroxylation is 1. The summed E-state index contributed by atoms with van der Waals surface area (Å²) in [5.41, 5.74) is 10.4. The monoisotopic (exact) mass is 444 g/mol. The number of pyridine rings is 1. The summed E-state index contributed by atoms with van der Waals surface area (Å²) in [6.45, 7) is 5.75. The van der Waals surface area contributed by atoms with Crippen LogP contribution in [0.1, 0.15) is 34.0 Å². The molecule has 0 amide bonds. The lowest BCUT2D eigenvalue weighted by Gasteiger charge is -2.21. The number of hydrogen-bond donors (Lipinski definition) is 2. The summed E-state index contributed by atoms with van der Waals surface area (Å²) >= 11 is 6.49. The SMILES string of the molecule is COc1c(C)cnc(CN2CC(Cn3cc(CCO)nn3)c3c(Cl)nc(N)nc32)c1C. The van der Waals surface area contributed by atoms with Crippen LogP contribution in [0.15, 0.2) is 12.4 Å². The highest BCUT2D eigenvalue weighted by Crippen LogP contribution is 2.41. The van der Waals surface area contributed by atoms with E-state index in [2.05, 4.69) is 30.2 Å². The number of anilines is 2. The number of aliphatic hydroxyl groups is 1. The number of aliphatic hydroxyl groups excluding tert-OH is 1. The van der Waals surface area contributed by atoms with Crippen LogP contribution in [-0.4, -0.2) is 55.3 Å². The second kappa shape index (κ2) is 8.64. The van der Waals surface area contributed by atoms with Gasteiger partial charge in [-0.1, -0.05) is 16.8 Å². The van der Waals surface area contributed by atoms with E-state index >= 15 is 0 Å². The van der Waals surface area contributed by atoms with E-state index in [1.54, 1.807) is 11.8 Å². The van der Waals surface area contributed by atoms with E-state index in [-0.39, 0.29) is 18.5 Å². The summed E-state index contributed by atoms with van der Waals surface area (Å²) < 4.78 is 7.31. The molecule has 4 heterocycles. The number of hydrogen-bond acceptors (Lipinski definition) is 9. The van der Waals surface area contributed by atoms with Crippen molar-refractivity contribution in [1.29, 1.82) is 0 Å². The van der Waals surface area contributed by atoms with E-state index in [1.807, 2.05) is 26.2 Å². The number of aromatic nitrogens is 6. The van der Waals surface area contributed by atoms with Gasteiger partial charge < -0.3 is 20.5 Å². The van der Waals surface area contributed by atoms with Crippen molar-refractivity contribution >= 4 is 23.4 Å². The minimum absolute atomic E-state index is 0.000531. The Kier molecular flexibility index (Phi) is 5.92. The zero-order valence-corrected chi connectivity index (χ0v) is 18.5. The zero-order chi connectivity index (χ0) is 22.1. The predicted octanol–water partition coefficient (Wildman–Crippen LogP) is 1.66. The summed E-state index contributed by atoms with van der Waals surface area (Å²) in [4.78, 5) is 15.4. The van der Waals surface area contributed by atoms with Gasteiger partial charge in [0.25, 0.3) is 0 Å². The van der Waals surface area contributed by atoms with Crippen molar-refractivity contribution < 1.29 is 9.84 Å². The Morgan fingerprint density at radius 1 is 1.32 bits per heavy atom. The van der Waals surface area contributed by atoms with Gasteiger partial charge in [0.1, 0.15) is 16.7 Å². The maximum Gasteiger partial charge on any atom is 0.223 e. The molecule has 0 aromatic carbocycles. The smallest absolute Gasteiger partial charge is 0.223 e. The van der Waals surface area contributed by atoms with Crippen LogP contribution in [0.2, 0.25) is 5.15 Å². The van der Waals surface area contributed by atoms with Gasteiger partial charge in [-0.05, 0) is 13.8 Å². The molecule has 0 radical (unpaired) electrons. The Bertz CT molecular complexity index is 1100. The van der Waals surface area contributed by atoms with E-state index < -0.39 is 0 Å². The molecule has 3 N–H and O–H groups in total. The van der Waals surface area contributed by atoms with Crippen molar-refractivity contribution in [1.82, 2.24) is 29.9 Å². The van der Waals surface area contributed by atoms with Gasteiger partial charge in [0, 0.05) is 54.6 Å². The van der Waals surface area contributed by atoms with Crippen molar-refractivity contribution in [3.8, 4) is 5.75 Å². The number of methoxy groups -OCH3 is 1. The summed E-state index contributed by atoms with van der Waals surface area (Å²) in [7, 11) is 1.66. The quantitative estimate of drug-likeness (QED) is 0.522. The van der Waals surface area contributed by atoms with Gasteiger partial charge in [-0.25, -0.2) is 4.98 Å². The normalized spacial score (nSPS) is 15.4. The third-order valence-corrected chi connectivity index (χ3v) is 5.78. The molecule has 0 spiro atoms. The van der Waals surface area contributed by atoms with E-state index in [0.717, 1.165) is 33.8 Å². The Morgan fingerprint density at radius 2 is 2.13 bits per heavy atom. The molecular formula is C20H25ClN8O2. The predicted molar refractivity (Wildman–Crippen MR) is 116 cm³/mol. The number of fused-ring (bicyclic) bond motifs is 1. The molecule has 0 saturated heterocycles. The molecule has 1 atom stereocenters. The highest BCUT2D eigenvalue weighted by molar-refractivity contribution is 6.30. The van der Waals surface area contributed by atoms with Crippen LogP contribution in [0.4, 0.5) is 11.8 Å². The average molecular weight is 445 g/mol. The molecule has 1 unspecified atom stereocenters. The minimum atomic E-state index is -0.000531. The number of nitrogens with two attached hydrogens (primary N) is 1. The van der Waals surface area contributed by atoms with E-state index in [4.69, 9.17) is 27.2 Å². The first kappa shape index (κ1) is 21.3. The molecule has 4 rings (SSSR count). The van der Waals surface area contributed by atoms with Crippen molar-refractivity contribution in [3.05, 3.63) is 45.6 Å². The highest BCUT2D eigenvalue weighted by atomic mass is 35.5.